The number of halogens is 4. The highest BCUT2D eigenvalue weighted by Crippen LogP contribution is 2.66. The highest BCUT2D eigenvalue weighted by Gasteiger charge is 2.62. The number of hydrogen-bond donors (Lipinski definition) is 4. The van der Waals surface area contributed by atoms with Gasteiger partial charge in [0.1, 0.15) is 32.9 Å². The number of unbranched alkanes of at least 4 members (excludes halogenated alkanes) is 2. The second kappa shape index (κ2) is 42.0. The predicted molar refractivity (Wildman–Crippen MR) is 507 cm³/mol. The number of aryl methyl sites for hydroxylation is 2. The van der Waals surface area contributed by atoms with Gasteiger partial charge in [0, 0.05) is 133 Å². The number of piperidine rings is 1. The number of carbonyl (C=O) groups excluding carboxylic acids is 4. The molecule has 9 aromatic rings. The van der Waals surface area contributed by atoms with Crippen LogP contribution in [0.15, 0.2) is 174 Å². The van der Waals surface area contributed by atoms with Crippen LogP contribution < -0.4 is 20.7 Å². The summed E-state index contributed by atoms with van der Waals surface area (Å²) in [5, 5.41) is 25.4. The van der Waals surface area contributed by atoms with Crippen molar-refractivity contribution < 1.29 is 42.5 Å². The molecule has 24 heteroatoms. The summed E-state index contributed by atoms with van der Waals surface area (Å²) in [6.45, 7) is 15.3. The van der Waals surface area contributed by atoms with Crippen molar-refractivity contribution in [3.05, 3.63) is 233 Å². The van der Waals surface area contributed by atoms with Crippen molar-refractivity contribution in [3.63, 3.8) is 0 Å². The number of benzene rings is 5. The van der Waals surface area contributed by atoms with Gasteiger partial charge in [0.2, 0.25) is 5.91 Å². The van der Waals surface area contributed by atoms with Gasteiger partial charge in [-0.15, -0.1) is 22.7 Å². The van der Waals surface area contributed by atoms with E-state index < -0.39 is 11.6 Å². The summed E-state index contributed by atoms with van der Waals surface area (Å²) < 4.78 is 43.1. The van der Waals surface area contributed by atoms with E-state index in [9.17, 15) is 33.1 Å². The van der Waals surface area contributed by atoms with E-state index in [-0.39, 0.29) is 73.0 Å². The normalized spacial score (nSPS) is 25.4. The minimum Gasteiger partial charge on any atom is -0.496 e. The molecule has 2 saturated heterocycles. The molecule has 3 amide bonds. The molecule has 4 N–H and O–H groups in total. The second-order valence-electron chi connectivity index (χ2n) is 37.2. The number of pyridine rings is 2. The third-order valence-corrected chi connectivity index (χ3v) is 33.0. The number of allylic oxidation sites excluding steroid dienone is 2. The maximum absolute atomic E-state index is 14.6. The van der Waals surface area contributed by atoms with E-state index in [2.05, 4.69) is 104 Å². The Hall–Kier alpha value is -8.77. The number of aromatic nitrogens is 2. The molecule has 0 radical (unpaired) electrons. The van der Waals surface area contributed by atoms with Crippen LogP contribution in [0.5, 0.6) is 5.75 Å². The topological polar surface area (TPSA) is 227 Å². The number of thiophene rings is 2. The number of amides is 3. The maximum Gasteiger partial charge on any atom is 0.266 e. The van der Waals surface area contributed by atoms with Crippen molar-refractivity contribution in [3.8, 4) is 28.0 Å². The summed E-state index contributed by atoms with van der Waals surface area (Å²) in [5.74, 6) is 2.73. The molecule has 4 aromatic heterocycles. The van der Waals surface area contributed by atoms with E-state index in [1.807, 2.05) is 123 Å². The zero-order valence-electron chi connectivity index (χ0n) is 74.7. The Labute approximate surface area is 765 Å². The summed E-state index contributed by atoms with van der Waals surface area (Å²) in [6, 6.07) is 39.5. The molecule has 10 atom stereocenters. The van der Waals surface area contributed by atoms with Crippen LogP contribution in [0, 0.1) is 53.6 Å². The van der Waals surface area contributed by atoms with Gasteiger partial charge in [0.15, 0.2) is 0 Å². The average Bonchev–Trinajstić information content (AvgIpc) is 1.55. The van der Waals surface area contributed by atoms with E-state index >= 15 is 0 Å². The molecule has 6 heterocycles. The number of fused-ring (bicyclic) bond motifs is 8. The smallest absolute Gasteiger partial charge is 0.266 e. The summed E-state index contributed by atoms with van der Waals surface area (Å²) in [6.07, 6.45) is 32.0. The van der Waals surface area contributed by atoms with Crippen molar-refractivity contribution in [2.45, 2.75) is 250 Å². The maximum atomic E-state index is 14.6. The fourth-order valence-corrected chi connectivity index (χ4v) is 25.6. The number of carbonyl (C=O) groups is 4. The van der Waals surface area contributed by atoms with Crippen LogP contribution in [0.25, 0.3) is 52.9 Å². The van der Waals surface area contributed by atoms with E-state index in [1.165, 1.54) is 36.2 Å². The second-order valence-corrected chi connectivity index (χ2v) is 40.0. The quantitative estimate of drug-likeness (QED) is 0.0124. The number of aliphatic hydroxyl groups excluding tert-OH is 1. The van der Waals surface area contributed by atoms with Crippen LogP contribution in [0.2, 0.25) is 10.0 Å². The van der Waals surface area contributed by atoms with E-state index in [0.29, 0.717) is 114 Å². The zero-order chi connectivity index (χ0) is 89.2. The number of aliphatic hydroxyl groups is 1. The van der Waals surface area contributed by atoms with Gasteiger partial charge in [-0.3, -0.25) is 34.0 Å². The van der Waals surface area contributed by atoms with E-state index in [0.717, 1.165) is 206 Å². The molecule has 2 aliphatic heterocycles. The summed E-state index contributed by atoms with van der Waals surface area (Å²) in [7, 11) is 5.60. The molecule has 8 aliphatic rings. The molecular formula is C103H123Cl2F2N11O7S2. The molecule has 5 aromatic carbocycles. The summed E-state index contributed by atoms with van der Waals surface area (Å²) in [5.41, 5.74) is 22.3. The summed E-state index contributed by atoms with van der Waals surface area (Å²) >= 11 is 15.7. The van der Waals surface area contributed by atoms with Gasteiger partial charge in [-0.2, -0.15) is 0 Å². The minimum absolute atomic E-state index is 0.0202. The largest absolute Gasteiger partial charge is 0.496 e. The number of Topliss-reactive ketones (excluding diaryl/α,β-unsaturated/α-hetero) is 1. The van der Waals surface area contributed by atoms with Crippen LogP contribution in [0.3, 0.4) is 0 Å². The number of ether oxygens (including phenoxy) is 2. The lowest BCUT2D eigenvalue weighted by Gasteiger charge is -2.49. The highest BCUT2D eigenvalue weighted by molar-refractivity contribution is 7.22. The number of likely N-dealkylation sites (tertiary alicyclic amines) is 1. The van der Waals surface area contributed by atoms with Gasteiger partial charge in [0.05, 0.1) is 45.1 Å². The molecule has 6 fully saturated rings. The first kappa shape index (κ1) is 92.9. The lowest BCUT2D eigenvalue weighted by molar-refractivity contribution is -0.121. The number of methoxy groups -OCH3 is 1. The summed E-state index contributed by atoms with van der Waals surface area (Å²) in [4.78, 5) is 71.9. The SMILES string of the molecule is CC1=C2C[C@H]3[C@@H](CC=C4C[C@@H](O)CC[C@@]43C)C2CC[C@]12O[C@@H]1C[C@H](C)CN(CCCC(=O)CCCCCNC(=O)CCc3ccc(C)c(N=[N+]=[N-])c3)[C@H]1[C@H]2C.CNC1CCC(N(Cc2ccc(OC)c(-c3ccncc3)c2)C(=O)c2sc3c(F)ccc(F)c3c2Cl)CC1.CNC1CCC(N(Cc2cccc(-c3ccncc3)c2)C(=O)c2sc3ccccc3c2Cl)CC1. The first-order valence-electron chi connectivity index (χ1n) is 46.2. The Morgan fingerprint density at radius 1 is 0.709 bits per heavy atom. The van der Waals surface area contributed by atoms with Crippen LogP contribution in [0.4, 0.5) is 14.5 Å². The number of ketones is 1. The third kappa shape index (κ3) is 20.7. The predicted octanol–water partition coefficient (Wildman–Crippen LogP) is 23.5. The number of nitrogens with zero attached hydrogens (tertiary/aromatic N) is 8. The molecule has 0 bridgehead atoms. The lowest BCUT2D eigenvalue weighted by atomic mass is 9.56. The van der Waals surface area contributed by atoms with Gasteiger partial charge < -0.3 is 40.3 Å². The Bertz CT molecular complexity index is 5520. The fourth-order valence-electron chi connectivity index (χ4n) is 22.6. The van der Waals surface area contributed by atoms with Gasteiger partial charge in [-0.25, -0.2) is 8.78 Å². The van der Waals surface area contributed by atoms with Gasteiger partial charge in [-0.05, 0) is 309 Å². The number of nitrogens with one attached hydrogen (secondary N) is 3. The fraction of sp³-hybridized carbons (Fsp3) is 0.495. The Morgan fingerprint density at radius 2 is 1.37 bits per heavy atom. The number of hydrogen-bond acceptors (Lipinski definition) is 15. The molecule has 6 aliphatic carbocycles. The molecule has 1 spiro atoms. The minimum atomic E-state index is -0.639. The zero-order valence-corrected chi connectivity index (χ0v) is 77.8. The monoisotopic (exact) mass is 1800 g/mol. The Morgan fingerprint density at radius 3 is 2.05 bits per heavy atom. The first-order valence-corrected chi connectivity index (χ1v) is 48.6. The van der Waals surface area contributed by atoms with Crippen molar-refractivity contribution in [1.82, 2.24) is 40.6 Å². The Balaban J connectivity index is 0.000000152. The van der Waals surface area contributed by atoms with Gasteiger partial charge in [-0.1, -0.05) is 127 Å². The molecule has 127 heavy (non-hydrogen) atoms. The van der Waals surface area contributed by atoms with Gasteiger partial charge >= 0.3 is 0 Å². The number of rotatable bonds is 27. The molecule has 18 nitrogen and oxygen atoms in total. The van der Waals surface area contributed by atoms with Crippen LogP contribution in [0.1, 0.15) is 217 Å². The van der Waals surface area contributed by atoms with Crippen molar-refractivity contribution in [2.24, 2.45) is 40.1 Å². The molecular weight excluding hydrogens is 1680 g/mol. The molecule has 672 valence electrons. The molecule has 1 unspecified atom stereocenters. The average molecular weight is 1800 g/mol. The Kier molecular flexibility index (Phi) is 30.7. The van der Waals surface area contributed by atoms with Crippen molar-refractivity contribution in [1.29, 1.82) is 0 Å². The van der Waals surface area contributed by atoms with Crippen LogP contribution in [-0.2, 0) is 33.8 Å². The van der Waals surface area contributed by atoms with E-state index in [1.54, 1.807) is 30.6 Å². The first-order chi connectivity index (χ1) is 61.5. The van der Waals surface area contributed by atoms with E-state index in [4.69, 9.17) is 38.2 Å². The molecule has 17 rings (SSSR count). The lowest BCUT2D eigenvalue weighted by Crippen LogP contribution is -2.52. The highest BCUT2D eigenvalue weighted by atomic mass is 35.5. The van der Waals surface area contributed by atoms with Gasteiger partial charge in [0.25, 0.3) is 11.8 Å². The van der Waals surface area contributed by atoms with Crippen molar-refractivity contribution in [2.75, 3.05) is 40.8 Å². The van der Waals surface area contributed by atoms with Crippen LogP contribution in [-0.4, -0.2) is 142 Å². The molecule has 4 saturated carbocycles. The van der Waals surface area contributed by atoms with Crippen molar-refractivity contribution >= 4 is 95.2 Å². The third-order valence-electron chi connectivity index (χ3n) is 29.6. The van der Waals surface area contributed by atoms with Crippen LogP contribution >= 0.6 is 45.9 Å². The number of azide groups is 1. The standard InChI is InChI=1S/C46H67N5O4.C29H28ClF2N3O2S.C28H28ClN3OS/c1-29-24-42-44(32(4)46(55-42)21-19-37-38-16-15-34-26-36(53)18-20-45(34,5)40(38)27-39(37)31(46)3)51(28-29)23-9-11-35(52)10-7-6-8-22-48-43(54)17-14-33-13-12-30(2)41(25-33)49-50-47;1-33-19-4-6-20(7-5-19)35(29(36)28-26(30)25-22(31)8-9-23(32)27(25)38-28)16-17-3-10-24(37-2)21(15-17)18-11-13-34-14-12-18;1-30-22-9-11-23(12-10-22)32(28(33)27-26(29)24-7-2-3-8-25(24)34-27)18-19-5-4-6-21(17-19)20-13-15-31-16-14-20/h12-13,15,25,29,32,36-38,40,42,44,53H,6-11,14,16-24,26-28H2,1-5H3,(H,48,54);3,8-15,19-20,33H,4-7,16H2,1-2H3;2-8,13-17,22-23,30H,9-12,18H2,1H3/t29-,32+,36-,37?,38-,40-,42+,44-,45-,46-;;/m0../s1.